The summed E-state index contributed by atoms with van der Waals surface area (Å²) in [4.78, 5) is 22.1. The molecule has 25 heavy (non-hydrogen) atoms. The van der Waals surface area contributed by atoms with Crippen LogP contribution in [0.5, 0.6) is 11.5 Å². The maximum atomic E-state index is 11.9. The van der Waals surface area contributed by atoms with Crippen molar-refractivity contribution in [1.82, 2.24) is 5.43 Å². The zero-order chi connectivity index (χ0) is 18.2. The highest BCUT2D eigenvalue weighted by Gasteiger charge is 2.08. The van der Waals surface area contributed by atoms with Crippen molar-refractivity contribution in [3.05, 3.63) is 63.7 Å². The summed E-state index contributed by atoms with van der Waals surface area (Å²) in [6.07, 6.45) is 1.46. The molecule has 2 aromatic carbocycles. The van der Waals surface area contributed by atoms with Gasteiger partial charge < -0.3 is 9.47 Å². The fourth-order valence-corrected chi connectivity index (χ4v) is 2.12. The third-order valence-corrected chi connectivity index (χ3v) is 3.30. The van der Waals surface area contributed by atoms with Gasteiger partial charge in [0.1, 0.15) is 0 Å². The highest BCUT2D eigenvalue weighted by Crippen LogP contribution is 2.26. The van der Waals surface area contributed by atoms with Gasteiger partial charge >= 0.3 is 0 Å². The van der Waals surface area contributed by atoms with Crippen molar-refractivity contribution in [2.24, 2.45) is 5.10 Å². The number of methoxy groups -OCH3 is 2. The number of rotatable bonds is 7. The highest BCUT2D eigenvalue weighted by molar-refractivity contribution is 5.84. The van der Waals surface area contributed by atoms with Crippen molar-refractivity contribution in [1.29, 1.82) is 0 Å². The van der Waals surface area contributed by atoms with Gasteiger partial charge in [-0.15, -0.1) is 0 Å². The van der Waals surface area contributed by atoms with Gasteiger partial charge in [-0.2, -0.15) is 5.10 Å². The lowest BCUT2D eigenvalue weighted by Gasteiger charge is -2.07. The van der Waals surface area contributed by atoms with Crippen molar-refractivity contribution < 1.29 is 19.2 Å². The molecule has 2 aromatic rings. The van der Waals surface area contributed by atoms with Gasteiger partial charge in [0.25, 0.3) is 5.69 Å². The first-order valence-electron chi connectivity index (χ1n) is 7.30. The summed E-state index contributed by atoms with van der Waals surface area (Å²) >= 11 is 0. The van der Waals surface area contributed by atoms with E-state index in [-0.39, 0.29) is 18.0 Å². The fourth-order valence-electron chi connectivity index (χ4n) is 2.12. The number of benzene rings is 2. The van der Waals surface area contributed by atoms with E-state index in [9.17, 15) is 14.9 Å². The minimum atomic E-state index is -0.503. The molecular weight excluding hydrogens is 326 g/mol. The summed E-state index contributed by atoms with van der Waals surface area (Å²) < 4.78 is 10.3. The molecule has 0 unspecified atom stereocenters. The summed E-state index contributed by atoms with van der Waals surface area (Å²) in [5, 5.41) is 14.6. The molecule has 1 amide bonds. The van der Waals surface area contributed by atoms with E-state index in [1.165, 1.54) is 31.5 Å². The van der Waals surface area contributed by atoms with Gasteiger partial charge in [-0.3, -0.25) is 14.9 Å². The molecule has 0 aromatic heterocycles. The molecular formula is C17H17N3O5. The van der Waals surface area contributed by atoms with Crippen LogP contribution in [0.4, 0.5) is 5.69 Å². The lowest BCUT2D eigenvalue weighted by Crippen LogP contribution is -2.19. The van der Waals surface area contributed by atoms with Gasteiger partial charge in [0.05, 0.1) is 31.8 Å². The molecule has 130 valence electrons. The van der Waals surface area contributed by atoms with E-state index < -0.39 is 4.92 Å². The zero-order valence-corrected chi connectivity index (χ0v) is 13.8. The molecule has 1 N–H and O–H groups in total. The van der Waals surface area contributed by atoms with Crippen molar-refractivity contribution in [3.8, 4) is 11.5 Å². The van der Waals surface area contributed by atoms with Crippen LogP contribution < -0.4 is 14.9 Å². The number of ether oxygens (including phenoxy) is 2. The van der Waals surface area contributed by atoms with E-state index in [4.69, 9.17) is 9.47 Å². The van der Waals surface area contributed by atoms with Crippen molar-refractivity contribution in [2.45, 2.75) is 6.42 Å². The van der Waals surface area contributed by atoms with Gasteiger partial charge in [0.2, 0.25) is 5.91 Å². The topological polar surface area (TPSA) is 103 Å². The number of carbonyl (C=O) groups is 1. The zero-order valence-electron chi connectivity index (χ0n) is 13.8. The van der Waals surface area contributed by atoms with Crippen LogP contribution in [-0.2, 0) is 11.2 Å². The van der Waals surface area contributed by atoms with Gasteiger partial charge in [-0.05, 0) is 29.3 Å². The van der Waals surface area contributed by atoms with Crippen molar-refractivity contribution in [3.63, 3.8) is 0 Å². The molecule has 0 aliphatic heterocycles. The fraction of sp³-hybridized carbons (Fsp3) is 0.176. The largest absolute Gasteiger partial charge is 0.493 e. The smallest absolute Gasteiger partial charge is 0.269 e. The quantitative estimate of drug-likeness (QED) is 0.472. The molecule has 0 atom stereocenters. The third kappa shape index (κ3) is 5.03. The number of nitrogens with zero attached hydrogens (tertiary/aromatic N) is 2. The summed E-state index contributed by atoms with van der Waals surface area (Å²) in [6.45, 7) is 0. The van der Waals surface area contributed by atoms with Crippen LogP contribution in [0.2, 0.25) is 0 Å². The molecule has 0 saturated carbocycles. The Labute approximate surface area is 144 Å². The number of hydrogen-bond acceptors (Lipinski definition) is 6. The number of hydrogen-bond donors (Lipinski definition) is 1. The Bertz CT molecular complexity index is 805. The first-order chi connectivity index (χ1) is 12.0. The Morgan fingerprint density at radius 2 is 1.96 bits per heavy atom. The molecule has 0 spiro atoms. The van der Waals surface area contributed by atoms with Crippen LogP contribution >= 0.6 is 0 Å². The lowest BCUT2D eigenvalue weighted by atomic mass is 10.1. The molecule has 8 nitrogen and oxygen atoms in total. The third-order valence-electron chi connectivity index (χ3n) is 3.30. The summed E-state index contributed by atoms with van der Waals surface area (Å²) in [7, 11) is 3.07. The molecule has 0 saturated heterocycles. The van der Waals surface area contributed by atoms with Gasteiger partial charge in [0, 0.05) is 12.1 Å². The molecule has 0 heterocycles. The lowest BCUT2D eigenvalue weighted by molar-refractivity contribution is -0.384. The van der Waals surface area contributed by atoms with Crippen LogP contribution in [0.15, 0.2) is 47.6 Å². The SMILES string of the molecule is COc1ccc(/C=N/NC(=O)Cc2cccc([N+](=O)[O-])c2)cc1OC. The van der Waals surface area contributed by atoms with Crippen molar-refractivity contribution >= 4 is 17.8 Å². The number of hydrazone groups is 1. The van der Waals surface area contributed by atoms with E-state index in [0.29, 0.717) is 22.6 Å². The van der Waals surface area contributed by atoms with Crippen LogP contribution in [-0.4, -0.2) is 31.3 Å². The molecule has 0 radical (unpaired) electrons. The first kappa shape index (κ1) is 17.9. The molecule has 0 fully saturated rings. The van der Waals surface area contributed by atoms with Crippen LogP contribution in [0.1, 0.15) is 11.1 Å². The van der Waals surface area contributed by atoms with Gasteiger partial charge in [-0.1, -0.05) is 12.1 Å². The normalized spacial score (nSPS) is 10.5. The number of nitro groups is 1. The number of carbonyl (C=O) groups excluding carboxylic acids is 1. The van der Waals surface area contributed by atoms with Crippen molar-refractivity contribution in [2.75, 3.05) is 14.2 Å². The predicted octanol–water partition coefficient (Wildman–Crippen LogP) is 2.30. The Balaban J connectivity index is 1.96. The summed E-state index contributed by atoms with van der Waals surface area (Å²) in [5.41, 5.74) is 3.58. The van der Waals surface area contributed by atoms with E-state index >= 15 is 0 Å². The second kappa shape index (κ2) is 8.44. The van der Waals surface area contributed by atoms with E-state index in [2.05, 4.69) is 10.5 Å². The van der Waals surface area contributed by atoms with Crippen LogP contribution in [0.3, 0.4) is 0 Å². The Morgan fingerprint density at radius 3 is 2.64 bits per heavy atom. The number of nitro benzene ring substituents is 1. The summed E-state index contributed by atoms with van der Waals surface area (Å²) in [6, 6.07) is 11.1. The monoisotopic (exact) mass is 343 g/mol. The molecule has 2 rings (SSSR count). The number of non-ortho nitro benzene ring substituents is 1. The number of nitrogens with one attached hydrogen (secondary N) is 1. The molecule has 0 bridgehead atoms. The van der Waals surface area contributed by atoms with Gasteiger partial charge in [0.15, 0.2) is 11.5 Å². The van der Waals surface area contributed by atoms with Gasteiger partial charge in [-0.25, -0.2) is 5.43 Å². The molecule has 0 aliphatic carbocycles. The summed E-state index contributed by atoms with van der Waals surface area (Å²) in [5.74, 6) is 0.765. The highest BCUT2D eigenvalue weighted by atomic mass is 16.6. The van der Waals surface area contributed by atoms with Crippen LogP contribution in [0, 0.1) is 10.1 Å². The minimum absolute atomic E-state index is 0.00897. The maximum Gasteiger partial charge on any atom is 0.269 e. The average molecular weight is 343 g/mol. The Morgan fingerprint density at radius 1 is 1.20 bits per heavy atom. The molecule has 0 aliphatic rings. The van der Waals surface area contributed by atoms with Crippen LogP contribution in [0.25, 0.3) is 0 Å². The first-order valence-corrected chi connectivity index (χ1v) is 7.30. The average Bonchev–Trinajstić information content (AvgIpc) is 2.61. The van der Waals surface area contributed by atoms with E-state index in [0.717, 1.165) is 0 Å². The maximum absolute atomic E-state index is 11.9. The Kier molecular flexibility index (Phi) is 6.05. The molecule has 8 heteroatoms. The second-order valence-electron chi connectivity index (χ2n) is 5.01. The number of amides is 1. The standard InChI is InChI=1S/C17H17N3O5/c1-24-15-7-6-13(9-16(15)25-2)11-18-19-17(21)10-12-4-3-5-14(8-12)20(22)23/h3-9,11H,10H2,1-2H3,(H,19,21)/b18-11+. The Hall–Kier alpha value is -3.42. The van der Waals surface area contributed by atoms with E-state index in [1.54, 1.807) is 31.4 Å². The minimum Gasteiger partial charge on any atom is -0.493 e. The van der Waals surface area contributed by atoms with E-state index in [1.807, 2.05) is 0 Å². The predicted molar refractivity (Wildman–Crippen MR) is 92.1 cm³/mol. The second-order valence-corrected chi connectivity index (χ2v) is 5.01.